The van der Waals surface area contributed by atoms with Crippen LogP contribution >= 0.6 is 0 Å². The Bertz CT molecular complexity index is 1380. The van der Waals surface area contributed by atoms with Crippen molar-refractivity contribution in [2.24, 2.45) is 0 Å². The van der Waals surface area contributed by atoms with Gasteiger partial charge in [0, 0.05) is 18.5 Å². The first-order chi connectivity index (χ1) is 18.9. The van der Waals surface area contributed by atoms with Gasteiger partial charge in [0.15, 0.2) is 28.6 Å². The maximum absolute atomic E-state index is 13.8. The van der Waals surface area contributed by atoms with Crippen molar-refractivity contribution in [3.05, 3.63) is 76.7 Å². The van der Waals surface area contributed by atoms with Crippen LogP contribution in [-0.4, -0.2) is 67.2 Å². The molecule has 1 fully saturated rings. The molecule has 2 atom stereocenters. The summed E-state index contributed by atoms with van der Waals surface area (Å²) in [5, 5.41) is 11.6. The van der Waals surface area contributed by atoms with E-state index < -0.39 is 29.5 Å². The van der Waals surface area contributed by atoms with Crippen molar-refractivity contribution in [1.29, 1.82) is 0 Å². The van der Waals surface area contributed by atoms with E-state index >= 15 is 0 Å². The Balaban J connectivity index is 1.46. The predicted octanol–water partition coefficient (Wildman–Crippen LogP) is 3.14. The van der Waals surface area contributed by atoms with Crippen molar-refractivity contribution in [3.8, 4) is 11.5 Å². The number of benzene rings is 2. The van der Waals surface area contributed by atoms with Gasteiger partial charge < -0.3 is 28.8 Å². The number of nitrogens with zero attached hydrogens (tertiary/aromatic N) is 1. The van der Waals surface area contributed by atoms with E-state index in [9.17, 15) is 14.7 Å². The van der Waals surface area contributed by atoms with Gasteiger partial charge in [-0.1, -0.05) is 30.3 Å². The fraction of sp³-hybridized carbons (Fsp3) is 0.400. The van der Waals surface area contributed by atoms with Gasteiger partial charge in [-0.25, -0.2) is 4.79 Å². The van der Waals surface area contributed by atoms with E-state index in [1.165, 1.54) is 14.2 Å². The van der Waals surface area contributed by atoms with E-state index in [1.807, 2.05) is 24.3 Å². The number of carbonyl (C=O) groups excluding carboxylic acids is 2. The molecule has 2 aromatic rings. The van der Waals surface area contributed by atoms with Crippen LogP contribution < -0.4 is 9.47 Å². The summed E-state index contributed by atoms with van der Waals surface area (Å²) < 4.78 is 28.0. The summed E-state index contributed by atoms with van der Waals surface area (Å²) in [5.74, 6) is 0.310. The van der Waals surface area contributed by atoms with Gasteiger partial charge in [-0.05, 0) is 60.7 Å². The van der Waals surface area contributed by atoms with Gasteiger partial charge in [0.2, 0.25) is 6.79 Å². The molecule has 0 amide bonds. The van der Waals surface area contributed by atoms with E-state index in [0.717, 1.165) is 49.1 Å². The van der Waals surface area contributed by atoms with Gasteiger partial charge in [-0.3, -0.25) is 9.69 Å². The monoisotopic (exact) mass is 533 g/mol. The number of ether oxygens (including phenoxy) is 5. The molecule has 204 valence electrons. The van der Waals surface area contributed by atoms with Crippen molar-refractivity contribution >= 4 is 17.5 Å². The first-order valence-electron chi connectivity index (χ1n) is 13.1. The SMILES string of the molecule is COC(=O)C[C@](O)(Cc1ccccc1)C(=O)OC1=C2c3cc4c(cc3CCN3CCC[C@]23C=C1OC)OCO4. The van der Waals surface area contributed by atoms with Crippen LogP contribution in [0, 0.1) is 0 Å². The average molecular weight is 534 g/mol. The lowest BCUT2D eigenvalue weighted by Crippen LogP contribution is -2.45. The zero-order chi connectivity index (χ0) is 27.2. The van der Waals surface area contributed by atoms with Crippen molar-refractivity contribution in [1.82, 2.24) is 4.90 Å². The Hall–Kier alpha value is -3.82. The molecule has 6 rings (SSSR count). The normalized spacial score (nSPS) is 22.7. The summed E-state index contributed by atoms with van der Waals surface area (Å²) >= 11 is 0. The van der Waals surface area contributed by atoms with Crippen LogP contribution in [0.15, 0.2) is 60.1 Å². The van der Waals surface area contributed by atoms with Gasteiger partial charge in [0.1, 0.15) is 0 Å². The molecule has 0 radical (unpaired) electrons. The molecule has 0 bridgehead atoms. The summed E-state index contributed by atoms with van der Waals surface area (Å²) in [5.41, 5.74) is 0.745. The standard InChI is InChI=1S/C30H31NO8/c1-35-24-16-29-10-6-11-31(29)12-9-20-13-22-23(38-18-37-22)14-21(20)26(29)27(24)39-28(33)30(34,17-25(32)36-2)15-19-7-4-3-5-8-19/h3-5,7-8,13-14,16,34H,6,9-12,15,17-18H2,1-2H3/t29-,30+/m0/s1. The lowest BCUT2D eigenvalue weighted by Gasteiger charge is -2.34. The van der Waals surface area contributed by atoms with Crippen molar-refractivity contribution < 1.29 is 38.4 Å². The number of aliphatic hydroxyl groups is 1. The molecule has 4 aliphatic rings. The van der Waals surface area contributed by atoms with E-state index in [2.05, 4.69) is 4.90 Å². The topological polar surface area (TPSA) is 104 Å². The molecule has 1 aliphatic carbocycles. The minimum absolute atomic E-state index is 0.122. The lowest BCUT2D eigenvalue weighted by atomic mass is 9.84. The van der Waals surface area contributed by atoms with Crippen LogP contribution in [0.2, 0.25) is 0 Å². The molecular formula is C30H31NO8. The zero-order valence-corrected chi connectivity index (χ0v) is 22.0. The highest BCUT2D eigenvalue weighted by atomic mass is 16.7. The third kappa shape index (κ3) is 4.26. The Labute approximate surface area is 226 Å². The number of hydrogen-bond acceptors (Lipinski definition) is 9. The second-order valence-electron chi connectivity index (χ2n) is 10.4. The summed E-state index contributed by atoms with van der Waals surface area (Å²) in [4.78, 5) is 28.5. The van der Waals surface area contributed by atoms with Crippen LogP contribution in [0.1, 0.15) is 36.0 Å². The molecule has 0 unspecified atom stereocenters. The predicted molar refractivity (Wildman–Crippen MR) is 140 cm³/mol. The summed E-state index contributed by atoms with van der Waals surface area (Å²) in [6.45, 7) is 1.85. The molecule has 39 heavy (non-hydrogen) atoms. The highest BCUT2D eigenvalue weighted by molar-refractivity contribution is 5.91. The van der Waals surface area contributed by atoms with Crippen LogP contribution in [0.25, 0.3) is 5.57 Å². The van der Waals surface area contributed by atoms with E-state index in [0.29, 0.717) is 22.8 Å². The van der Waals surface area contributed by atoms with E-state index in [-0.39, 0.29) is 19.0 Å². The fourth-order valence-corrected chi connectivity index (χ4v) is 6.26. The lowest BCUT2D eigenvalue weighted by molar-refractivity contribution is -0.168. The number of rotatable bonds is 7. The molecular weight excluding hydrogens is 502 g/mol. The van der Waals surface area contributed by atoms with Gasteiger partial charge in [0.25, 0.3) is 0 Å². The average Bonchev–Trinajstić information content (AvgIpc) is 3.62. The van der Waals surface area contributed by atoms with Crippen LogP contribution in [0.3, 0.4) is 0 Å². The third-order valence-corrected chi connectivity index (χ3v) is 8.12. The number of hydrogen-bond donors (Lipinski definition) is 1. The maximum Gasteiger partial charge on any atom is 0.344 e. The fourth-order valence-electron chi connectivity index (χ4n) is 6.26. The van der Waals surface area contributed by atoms with Crippen LogP contribution in [0.4, 0.5) is 0 Å². The van der Waals surface area contributed by atoms with Crippen LogP contribution in [0.5, 0.6) is 11.5 Å². The number of esters is 2. The molecule has 2 aromatic carbocycles. The second-order valence-corrected chi connectivity index (χ2v) is 10.4. The van der Waals surface area contributed by atoms with Gasteiger partial charge in [-0.2, -0.15) is 0 Å². The number of methoxy groups -OCH3 is 2. The summed E-state index contributed by atoms with van der Waals surface area (Å²) in [7, 11) is 2.75. The molecule has 0 saturated carbocycles. The van der Waals surface area contributed by atoms with Crippen molar-refractivity contribution in [3.63, 3.8) is 0 Å². The Morgan fingerprint density at radius 2 is 1.87 bits per heavy atom. The van der Waals surface area contributed by atoms with Crippen molar-refractivity contribution in [2.45, 2.75) is 43.2 Å². The summed E-state index contributed by atoms with van der Waals surface area (Å²) in [6.07, 6.45) is 3.92. The highest BCUT2D eigenvalue weighted by Gasteiger charge is 2.53. The van der Waals surface area contributed by atoms with Gasteiger partial charge in [0.05, 0.1) is 26.2 Å². The quantitative estimate of drug-likeness (QED) is 0.538. The highest BCUT2D eigenvalue weighted by Crippen LogP contribution is 2.54. The Morgan fingerprint density at radius 3 is 2.62 bits per heavy atom. The Morgan fingerprint density at radius 1 is 1.10 bits per heavy atom. The van der Waals surface area contributed by atoms with E-state index in [4.69, 9.17) is 23.7 Å². The maximum atomic E-state index is 13.8. The number of carbonyl (C=O) groups is 2. The largest absolute Gasteiger partial charge is 0.493 e. The molecule has 3 heterocycles. The molecule has 0 aromatic heterocycles. The molecule has 9 nitrogen and oxygen atoms in total. The third-order valence-electron chi connectivity index (χ3n) is 8.12. The minimum atomic E-state index is -2.16. The van der Waals surface area contributed by atoms with Gasteiger partial charge >= 0.3 is 11.9 Å². The first-order valence-corrected chi connectivity index (χ1v) is 13.1. The minimum Gasteiger partial charge on any atom is -0.493 e. The molecule has 1 spiro atoms. The molecule has 9 heteroatoms. The zero-order valence-electron chi connectivity index (χ0n) is 22.0. The molecule has 1 N–H and O–H groups in total. The smallest absolute Gasteiger partial charge is 0.344 e. The molecule has 1 saturated heterocycles. The van der Waals surface area contributed by atoms with Crippen LogP contribution in [-0.2, 0) is 36.6 Å². The van der Waals surface area contributed by atoms with E-state index in [1.54, 1.807) is 24.3 Å². The van der Waals surface area contributed by atoms with Crippen molar-refractivity contribution in [2.75, 3.05) is 34.1 Å². The number of fused-ring (bicyclic) bond motifs is 3. The molecule has 3 aliphatic heterocycles. The van der Waals surface area contributed by atoms with Gasteiger partial charge in [-0.15, -0.1) is 0 Å². The summed E-state index contributed by atoms with van der Waals surface area (Å²) in [6, 6.07) is 12.9. The first kappa shape index (κ1) is 25.5. The second kappa shape index (κ2) is 9.73. The Kier molecular flexibility index (Phi) is 6.35.